The summed E-state index contributed by atoms with van der Waals surface area (Å²) >= 11 is 0. The molecular weight excluding hydrogens is 318 g/mol. The van der Waals surface area contributed by atoms with Crippen molar-refractivity contribution in [1.29, 1.82) is 0 Å². The number of benzene rings is 1. The van der Waals surface area contributed by atoms with Crippen LogP contribution in [0.2, 0.25) is 0 Å². The Morgan fingerprint density at radius 2 is 1.40 bits per heavy atom. The molecule has 0 saturated heterocycles. The zero-order valence-electron chi connectivity index (χ0n) is 14.8. The summed E-state index contributed by atoms with van der Waals surface area (Å²) < 4.78 is 11.2. The van der Waals surface area contributed by atoms with Crippen LogP contribution < -0.4 is 5.46 Å². The summed E-state index contributed by atoms with van der Waals surface area (Å²) in [6.07, 6.45) is 11.2. The van der Waals surface area contributed by atoms with E-state index in [4.69, 9.17) is 18.9 Å². The Balaban J connectivity index is 1.53. The molecule has 136 valence electrons. The molecule has 3 rings (SSSR count). The van der Waals surface area contributed by atoms with E-state index in [1.807, 2.05) is 30.3 Å². The summed E-state index contributed by atoms with van der Waals surface area (Å²) in [5.74, 6) is 0. The van der Waals surface area contributed by atoms with Crippen LogP contribution in [-0.2, 0) is 18.9 Å². The van der Waals surface area contributed by atoms with Crippen molar-refractivity contribution < 1.29 is 23.9 Å². The van der Waals surface area contributed by atoms with Crippen LogP contribution in [0.4, 0.5) is 0 Å². The highest BCUT2D eigenvalue weighted by atomic mass is 17.2. The molecule has 0 atom stereocenters. The molecule has 7 heteroatoms. The third kappa shape index (κ3) is 6.42. The molecule has 0 aliphatic heterocycles. The Morgan fingerprint density at radius 1 is 0.800 bits per heavy atom. The van der Waals surface area contributed by atoms with Gasteiger partial charge >= 0.3 is 14.4 Å². The zero-order chi connectivity index (χ0) is 17.3. The summed E-state index contributed by atoms with van der Waals surface area (Å²) in [4.78, 5) is 11.2. The normalized spacial score (nSPS) is 19.7. The topological polar surface area (TPSA) is 57.2 Å². The van der Waals surface area contributed by atoms with Crippen molar-refractivity contribution in [2.24, 2.45) is 0 Å². The van der Waals surface area contributed by atoms with E-state index in [1.165, 1.54) is 12.8 Å². The summed E-state index contributed by atoms with van der Waals surface area (Å²) in [6, 6.07) is 9.52. The maximum absolute atomic E-state index is 10.2. The number of hydrogen-bond donors (Lipinski definition) is 1. The fourth-order valence-electron chi connectivity index (χ4n) is 3.56. The highest BCUT2D eigenvalue weighted by molar-refractivity contribution is 6.67. The van der Waals surface area contributed by atoms with Crippen LogP contribution in [0, 0.1) is 0 Å². The third-order valence-electron chi connectivity index (χ3n) is 5.00. The first-order valence-corrected chi connectivity index (χ1v) is 9.67. The SMILES string of the molecule is OB(OB(OOC1CCCCC1)c1ccccc1)OC1CCCCC1. The van der Waals surface area contributed by atoms with E-state index in [2.05, 4.69) is 0 Å². The second-order valence-corrected chi connectivity index (χ2v) is 7.03. The monoisotopic (exact) mass is 346 g/mol. The number of hydrogen-bond acceptors (Lipinski definition) is 5. The standard InChI is InChI=1S/C18H28B2O5/c21-20(22-17-12-6-2-7-13-17)24-19(16-10-4-1-5-11-16)25-23-18-14-8-3-9-15-18/h1,4-5,10-11,17-18,21H,2-3,6-9,12-15H2. The summed E-state index contributed by atoms with van der Waals surface area (Å²) in [5, 5.41) is 10.2. The van der Waals surface area contributed by atoms with Crippen molar-refractivity contribution in [3.8, 4) is 0 Å². The summed E-state index contributed by atoms with van der Waals surface area (Å²) in [5.41, 5.74) is 0.796. The van der Waals surface area contributed by atoms with Gasteiger partial charge in [-0.25, -0.2) is 4.89 Å². The molecule has 0 unspecified atom stereocenters. The minimum Gasteiger partial charge on any atom is -0.419 e. The van der Waals surface area contributed by atoms with Gasteiger partial charge in [0.25, 0.3) is 0 Å². The highest BCUT2D eigenvalue weighted by Gasteiger charge is 2.33. The summed E-state index contributed by atoms with van der Waals surface area (Å²) in [7, 11) is -2.12. The van der Waals surface area contributed by atoms with Gasteiger partial charge in [0.2, 0.25) is 0 Å². The predicted octanol–water partition coefficient (Wildman–Crippen LogP) is 3.01. The zero-order valence-corrected chi connectivity index (χ0v) is 14.8. The molecular formula is C18H28B2O5. The van der Waals surface area contributed by atoms with Gasteiger partial charge in [0.1, 0.15) is 0 Å². The fraction of sp³-hybridized carbons (Fsp3) is 0.667. The molecule has 0 bridgehead atoms. The summed E-state index contributed by atoms with van der Waals surface area (Å²) in [6.45, 7) is 0. The largest absolute Gasteiger partial charge is 0.623 e. The van der Waals surface area contributed by atoms with Gasteiger partial charge in [-0.2, -0.15) is 0 Å². The average Bonchev–Trinajstić information content (AvgIpc) is 2.67. The Kier molecular flexibility index (Phi) is 7.82. The molecule has 1 aromatic carbocycles. The first-order valence-electron chi connectivity index (χ1n) is 9.67. The van der Waals surface area contributed by atoms with E-state index < -0.39 is 14.4 Å². The lowest BCUT2D eigenvalue weighted by atomic mass is 9.77. The molecule has 5 nitrogen and oxygen atoms in total. The van der Waals surface area contributed by atoms with Gasteiger partial charge < -0.3 is 14.3 Å². The van der Waals surface area contributed by atoms with E-state index in [-0.39, 0.29) is 12.2 Å². The molecule has 0 aromatic heterocycles. The molecule has 2 aliphatic carbocycles. The highest BCUT2D eigenvalue weighted by Crippen LogP contribution is 2.22. The van der Waals surface area contributed by atoms with E-state index in [1.54, 1.807) is 0 Å². The molecule has 25 heavy (non-hydrogen) atoms. The van der Waals surface area contributed by atoms with Gasteiger partial charge in [-0.05, 0) is 31.1 Å². The van der Waals surface area contributed by atoms with Crippen molar-refractivity contribution >= 4 is 19.9 Å². The van der Waals surface area contributed by atoms with Gasteiger partial charge in [-0.3, -0.25) is 4.81 Å². The molecule has 0 heterocycles. The van der Waals surface area contributed by atoms with Crippen molar-refractivity contribution in [2.45, 2.75) is 76.4 Å². The van der Waals surface area contributed by atoms with Crippen LogP contribution in [0.3, 0.4) is 0 Å². The van der Waals surface area contributed by atoms with E-state index >= 15 is 0 Å². The first kappa shape index (κ1) is 18.9. The number of rotatable bonds is 8. The Morgan fingerprint density at radius 3 is 2.04 bits per heavy atom. The smallest absolute Gasteiger partial charge is 0.419 e. The second kappa shape index (κ2) is 10.3. The van der Waals surface area contributed by atoms with Crippen LogP contribution in [0.5, 0.6) is 0 Å². The van der Waals surface area contributed by atoms with Gasteiger partial charge in [-0.1, -0.05) is 68.9 Å². The third-order valence-corrected chi connectivity index (χ3v) is 5.00. The molecule has 2 aliphatic rings. The minimum atomic E-state index is -1.32. The van der Waals surface area contributed by atoms with Gasteiger partial charge in [0.05, 0.1) is 6.10 Å². The molecule has 2 fully saturated rings. The van der Waals surface area contributed by atoms with E-state index in [9.17, 15) is 5.02 Å². The molecule has 0 amide bonds. The molecule has 0 radical (unpaired) electrons. The molecule has 1 N–H and O–H groups in total. The average molecular weight is 346 g/mol. The van der Waals surface area contributed by atoms with E-state index in [0.717, 1.165) is 56.8 Å². The first-order chi connectivity index (χ1) is 12.3. The lowest BCUT2D eigenvalue weighted by molar-refractivity contribution is -0.263. The molecule has 1 aromatic rings. The minimum absolute atomic E-state index is 0.0550. The lowest BCUT2D eigenvalue weighted by Gasteiger charge is -2.26. The van der Waals surface area contributed by atoms with Crippen molar-refractivity contribution in [3.05, 3.63) is 30.3 Å². The van der Waals surface area contributed by atoms with Crippen LogP contribution in [0.1, 0.15) is 64.2 Å². The van der Waals surface area contributed by atoms with Crippen LogP contribution in [-0.4, -0.2) is 31.7 Å². The molecule has 2 saturated carbocycles. The van der Waals surface area contributed by atoms with Crippen LogP contribution in [0.15, 0.2) is 30.3 Å². The Labute approximate surface area is 151 Å². The maximum atomic E-state index is 10.2. The Hall–Kier alpha value is -0.850. The van der Waals surface area contributed by atoms with Crippen LogP contribution >= 0.6 is 0 Å². The van der Waals surface area contributed by atoms with Gasteiger partial charge in [-0.15, -0.1) is 0 Å². The molecule has 0 spiro atoms. The lowest BCUT2D eigenvalue weighted by Crippen LogP contribution is -2.45. The predicted molar refractivity (Wildman–Crippen MR) is 97.9 cm³/mol. The van der Waals surface area contributed by atoms with Gasteiger partial charge in [0, 0.05) is 6.10 Å². The van der Waals surface area contributed by atoms with Crippen molar-refractivity contribution in [3.63, 3.8) is 0 Å². The maximum Gasteiger partial charge on any atom is 0.623 e. The quantitative estimate of drug-likeness (QED) is 0.446. The van der Waals surface area contributed by atoms with Crippen molar-refractivity contribution in [1.82, 2.24) is 0 Å². The van der Waals surface area contributed by atoms with Crippen molar-refractivity contribution in [2.75, 3.05) is 0 Å². The van der Waals surface area contributed by atoms with Gasteiger partial charge in [0.15, 0.2) is 0 Å². The fourth-order valence-corrected chi connectivity index (χ4v) is 3.56. The Bertz CT molecular complexity index is 478. The van der Waals surface area contributed by atoms with Crippen LogP contribution in [0.25, 0.3) is 0 Å². The van der Waals surface area contributed by atoms with E-state index in [0.29, 0.717) is 0 Å². The second-order valence-electron chi connectivity index (χ2n) is 7.03.